The first-order valence-corrected chi connectivity index (χ1v) is 7.52. The van der Waals surface area contributed by atoms with E-state index in [4.69, 9.17) is 5.11 Å². The Hall–Kier alpha value is -1.96. The van der Waals surface area contributed by atoms with E-state index in [2.05, 4.69) is 10.4 Å². The van der Waals surface area contributed by atoms with E-state index < -0.39 is 4.92 Å². The summed E-state index contributed by atoms with van der Waals surface area (Å²) in [5, 5.41) is 27.0. The highest BCUT2D eigenvalue weighted by molar-refractivity contribution is 5.76. The highest BCUT2D eigenvalue weighted by atomic mass is 16.6. The third-order valence-corrected chi connectivity index (χ3v) is 4.05. The molecule has 0 radical (unpaired) electrons. The Balaban J connectivity index is 1.91. The molecule has 1 saturated carbocycles. The topological polar surface area (TPSA) is 110 Å². The minimum absolute atomic E-state index is 0.0107. The van der Waals surface area contributed by atoms with Gasteiger partial charge in [0.25, 0.3) is 0 Å². The van der Waals surface area contributed by atoms with Gasteiger partial charge in [-0.25, -0.2) is 0 Å². The van der Waals surface area contributed by atoms with E-state index in [1.54, 1.807) is 13.8 Å². The molecule has 0 aliphatic heterocycles. The first kappa shape index (κ1) is 16.4. The van der Waals surface area contributed by atoms with Crippen molar-refractivity contribution in [3.05, 3.63) is 21.5 Å². The second-order valence-corrected chi connectivity index (χ2v) is 5.77. The van der Waals surface area contributed by atoms with Gasteiger partial charge in [0.05, 0.1) is 11.5 Å². The number of nitrogens with one attached hydrogen (secondary N) is 1. The lowest BCUT2D eigenvalue weighted by molar-refractivity contribution is -0.386. The Kier molecular flexibility index (Phi) is 5.12. The van der Waals surface area contributed by atoms with E-state index in [9.17, 15) is 14.9 Å². The second-order valence-electron chi connectivity index (χ2n) is 5.77. The average molecular weight is 310 g/mol. The number of carbonyl (C=O) groups is 1. The van der Waals surface area contributed by atoms with E-state index in [1.165, 1.54) is 4.68 Å². The molecule has 1 aromatic heterocycles. The van der Waals surface area contributed by atoms with Gasteiger partial charge < -0.3 is 10.4 Å². The molecule has 1 unspecified atom stereocenters. The number of aliphatic hydroxyl groups excluding tert-OH is 1. The second kappa shape index (κ2) is 6.87. The molecule has 0 spiro atoms. The van der Waals surface area contributed by atoms with Crippen LogP contribution in [0.25, 0.3) is 0 Å². The van der Waals surface area contributed by atoms with Gasteiger partial charge in [-0.15, -0.1) is 0 Å². The first-order chi connectivity index (χ1) is 10.4. The SMILES string of the molecule is Cc1nn(CCC(=O)NC(CCO)C2CC2)c(C)c1[N+](=O)[O-]. The smallest absolute Gasteiger partial charge is 0.312 e. The fourth-order valence-corrected chi connectivity index (χ4v) is 2.72. The Morgan fingerprint density at radius 2 is 2.23 bits per heavy atom. The number of hydrogen-bond donors (Lipinski definition) is 2. The molecule has 8 heteroatoms. The molecule has 22 heavy (non-hydrogen) atoms. The van der Waals surface area contributed by atoms with Crippen LogP contribution >= 0.6 is 0 Å². The predicted octanol–water partition coefficient (Wildman–Crippen LogP) is 1.08. The van der Waals surface area contributed by atoms with Crippen molar-refractivity contribution in [2.75, 3.05) is 6.61 Å². The van der Waals surface area contributed by atoms with Crippen molar-refractivity contribution in [1.82, 2.24) is 15.1 Å². The normalized spacial score (nSPS) is 15.6. The van der Waals surface area contributed by atoms with Crippen LogP contribution in [0.15, 0.2) is 0 Å². The van der Waals surface area contributed by atoms with Gasteiger partial charge >= 0.3 is 5.69 Å². The standard InChI is InChI=1S/C14H22N4O4/c1-9-14(18(21)22)10(2)17(16-9)7-5-13(20)15-12(6-8-19)11-3-4-11/h11-12,19H,3-8H2,1-2H3,(H,15,20). The van der Waals surface area contributed by atoms with Crippen LogP contribution in [0.5, 0.6) is 0 Å². The largest absolute Gasteiger partial charge is 0.396 e. The zero-order valence-corrected chi connectivity index (χ0v) is 12.9. The molecule has 122 valence electrons. The Labute approximate surface area is 128 Å². The zero-order valence-electron chi connectivity index (χ0n) is 12.9. The number of aromatic nitrogens is 2. The van der Waals surface area contributed by atoms with Crippen LogP contribution in [0.1, 0.15) is 37.1 Å². The molecule has 1 fully saturated rings. The van der Waals surface area contributed by atoms with Crippen molar-refractivity contribution in [3.63, 3.8) is 0 Å². The highest BCUT2D eigenvalue weighted by Gasteiger charge is 2.31. The summed E-state index contributed by atoms with van der Waals surface area (Å²) in [6.07, 6.45) is 2.97. The zero-order chi connectivity index (χ0) is 16.3. The Morgan fingerprint density at radius 3 is 2.73 bits per heavy atom. The van der Waals surface area contributed by atoms with E-state index in [-0.39, 0.29) is 30.7 Å². The van der Waals surface area contributed by atoms with E-state index in [0.29, 0.717) is 30.3 Å². The van der Waals surface area contributed by atoms with Gasteiger partial charge in [-0.05, 0) is 39.0 Å². The van der Waals surface area contributed by atoms with Gasteiger partial charge in [0, 0.05) is 19.1 Å². The lowest BCUT2D eigenvalue weighted by atomic mass is 10.1. The van der Waals surface area contributed by atoms with Crippen molar-refractivity contribution < 1.29 is 14.8 Å². The maximum atomic E-state index is 12.0. The van der Waals surface area contributed by atoms with Crippen LogP contribution in [0, 0.1) is 29.9 Å². The summed E-state index contributed by atoms with van der Waals surface area (Å²) in [5.41, 5.74) is 0.833. The van der Waals surface area contributed by atoms with Crippen LogP contribution in [0.4, 0.5) is 5.69 Å². The fraction of sp³-hybridized carbons (Fsp3) is 0.714. The molecular weight excluding hydrogens is 288 g/mol. The van der Waals surface area contributed by atoms with Gasteiger partial charge in [-0.3, -0.25) is 19.6 Å². The monoisotopic (exact) mass is 310 g/mol. The molecule has 1 aliphatic rings. The van der Waals surface area contributed by atoms with Crippen molar-refractivity contribution in [2.24, 2.45) is 5.92 Å². The third-order valence-electron chi connectivity index (χ3n) is 4.05. The highest BCUT2D eigenvalue weighted by Crippen LogP contribution is 2.33. The van der Waals surface area contributed by atoms with E-state index >= 15 is 0 Å². The van der Waals surface area contributed by atoms with Crippen LogP contribution < -0.4 is 5.32 Å². The van der Waals surface area contributed by atoms with E-state index in [0.717, 1.165) is 12.8 Å². The molecule has 0 aromatic carbocycles. The average Bonchev–Trinajstić information content (AvgIpc) is 3.23. The van der Waals surface area contributed by atoms with Gasteiger partial charge in [0.1, 0.15) is 11.4 Å². The third kappa shape index (κ3) is 3.82. The predicted molar refractivity (Wildman–Crippen MR) is 79.3 cm³/mol. The first-order valence-electron chi connectivity index (χ1n) is 7.52. The van der Waals surface area contributed by atoms with E-state index in [1.807, 2.05) is 0 Å². The van der Waals surface area contributed by atoms with Gasteiger partial charge in [-0.1, -0.05) is 0 Å². The molecule has 8 nitrogen and oxygen atoms in total. The molecule has 1 aromatic rings. The summed E-state index contributed by atoms with van der Waals surface area (Å²) < 4.78 is 1.51. The van der Waals surface area contributed by atoms with Gasteiger partial charge in [-0.2, -0.15) is 5.10 Å². The number of amides is 1. The number of nitro groups is 1. The lowest BCUT2D eigenvalue weighted by Crippen LogP contribution is -2.37. The molecular formula is C14H22N4O4. The summed E-state index contributed by atoms with van der Waals surface area (Å²) in [4.78, 5) is 22.5. The lowest BCUT2D eigenvalue weighted by Gasteiger charge is -2.17. The minimum Gasteiger partial charge on any atom is -0.396 e. The van der Waals surface area contributed by atoms with Gasteiger partial charge in [0.15, 0.2) is 0 Å². The number of nitrogens with zero attached hydrogens (tertiary/aromatic N) is 3. The van der Waals surface area contributed by atoms with Crippen LogP contribution in [-0.2, 0) is 11.3 Å². The summed E-state index contributed by atoms with van der Waals surface area (Å²) in [7, 11) is 0. The van der Waals surface area contributed by atoms with Crippen molar-refractivity contribution in [2.45, 2.75) is 52.1 Å². The maximum absolute atomic E-state index is 12.0. The number of aryl methyl sites for hydroxylation is 2. The van der Waals surface area contributed by atoms with Crippen molar-refractivity contribution >= 4 is 11.6 Å². The molecule has 0 bridgehead atoms. The molecule has 2 N–H and O–H groups in total. The Bertz CT molecular complexity index is 565. The quantitative estimate of drug-likeness (QED) is 0.551. The number of hydrogen-bond acceptors (Lipinski definition) is 5. The summed E-state index contributed by atoms with van der Waals surface area (Å²) in [5.74, 6) is 0.367. The number of aliphatic hydroxyl groups is 1. The summed E-state index contributed by atoms with van der Waals surface area (Å²) in [6.45, 7) is 3.59. The minimum atomic E-state index is -0.446. The van der Waals surface area contributed by atoms with Crippen LogP contribution in [0.2, 0.25) is 0 Å². The van der Waals surface area contributed by atoms with Crippen LogP contribution in [-0.4, -0.2) is 38.4 Å². The van der Waals surface area contributed by atoms with Crippen molar-refractivity contribution in [3.8, 4) is 0 Å². The molecule has 1 aliphatic carbocycles. The maximum Gasteiger partial charge on any atom is 0.312 e. The summed E-state index contributed by atoms with van der Waals surface area (Å²) >= 11 is 0. The van der Waals surface area contributed by atoms with Crippen LogP contribution in [0.3, 0.4) is 0 Å². The molecule has 1 heterocycles. The Morgan fingerprint density at radius 1 is 1.55 bits per heavy atom. The fourth-order valence-electron chi connectivity index (χ4n) is 2.72. The molecule has 2 rings (SSSR count). The molecule has 1 amide bonds. The van der Waals surface area contributed by atoms with Crippen molar-refractivity contribution in [1.29, 1.82) is 0 Å². The molecule has 1 atom stereocenters. The number of carbonyl (C=O) groups excluding carboxylic acids is 1. The summed E-state index contributed by atoms with van der Waals surface area (Å²) in [6, 6.07) is 0.0345. The molecule has 0 saturated heterocycles. The van der Waals surface area contributed by atoms with Gasteiger partial charge in [0.2, 0.25) is 5.91 Å². The number of rotatable bonds is 8.